The van der Waals surface area contributed by atoms with Crippen molar-refractivity contribution in [3.63, 3.8) is 0 Å². The van der Waals surface area contributed by atoms with Crippen LogP contribution in [0.1, 0.15) is 50.7 Å². The average molecular weight is 413 g/mol. The molecule has 2 aliphatic heterocycles. The van der Waals surface area contributed by atoms with E-state index >= 15 is 0 Å². The lowest BCUT2D eigenvalue weighted by atomic mass is 9.87. The minimum absolute atomic E-state index is 0.0268. The number of rotatable bonds is 3. The normalized spacial score (nSPS) is 21.3. The van der Waals surface area contributed by atoms with E-state index in [1.54, 1.807) is 0 Å². The van der Waals surface area contributed by atoms with Gasteiger partial charge in [0.1, 0.15) is 17.3 Å². The highest BCUT2D eigenvalue weighted by molar-refractivity contribution is 7.90. The van der Waals surface area contributed by atoms with E-state index in [2.05, 4.69) is 42.2 Å². The van der Waals surface area contributed by atoms with E-state index in [0.29, 0.717) is 12.4 Å². The van der Waals surface area contributed by atoms with Crippen molar-refractivity contribution in [2.24, 2.45) is 4.40 Å². The summed E-state index contributed by atoms with van der Waals surface area (Å²) in [6, 6.07) is 16.1. The van der Waals surface area contributed by atoms with Crippen LogP contribution in [-0.4, -0.2) is 38.0 Å². The standard InChI is InChI=1S/C23H28N2O3S/c1-23(2,3)18-8-12-20(13-9-18)28-19-10-6-17(7-11-19)21-5-4-14-25-15-16-29(26,27)24-22(21)25/h6-13,21H,4-5,14-16H2,1-3H3. The Morgan fingerprint density at radius 3 is 2.21 bits per heavy atom. The number of hydrogen-bond donors (Lipinski definition) is 0. The van der Waals surface area contributed by atoms with E-state index in [1.807, 2.05) is 36.4 Å². The van der Waals surface area contributed by atoms with Gasteiger partial charge in [-0.3, -0.25) is 0 Å². The Bertz CT molecular complexity index is 1000. The molecule has 29 heavy (non-hydrogen) atoms. The second-order valence-corrected chi connectivity index (χ2v) is 10.6. The lowest BCUT2D eigenvalue weighted by molar-refractivity contribution is 0.366. The molecule has 1 saturated heterocycles. The minimum atomic E-state index is -3.34. The molecule has 0 radical (unpaired) electrons. The molecule has 0 aliphatic carbocycles. The molecule has 0 spiro atoms. The first-order valence-corrected chi connectivity index (χ1v) is 11.8. The maximum absolute atomic E-state index is 12.0. The lowest BCUT2D eigenvalue weighted by Crippen LogP contribution is -2.46. The van der Waals surface area contributed by atoms with Crippen molar-refractivity contribution < 1.29 is 13.2 Å². The fourth-order valence-electron chi connectivity index (χ4n) is 3.95. The van der Waals surface area contributed by atoms with Crippen molar-refractivity contribution in [3.05, 3.63) is 59.7 Å². The molecule has 2 aliphatic rings. The molecule has 6 heteroatoms. The zero-order valence-corrected chi connectivity index (χ0v) is 18.1. The Morgan fingerprint density at radius 1 is 0.966 bits per heavy atom. The first-order valence-electron chi connectivity index (χ1n) is 10.2. The van der Waals surface area contributed by atoms with Crippen LogP contribution in [0.25, 0.3) is 0 Å². The topological polar surface area (TPSA) is 59.0 Å². The Morgan fingerprint density at radius 2 is 1.59 bits per heavy atom. The summed E-state index contributed by atoms with van der Waals surface area (Å²) < 4.78 is 34.1. The third-order valence-electron chi connectivity index (χ3n) is 5.65. The fraction of sp³-hybridized carbons (Fsp3) is 0.435. The summed E-state index contributed by atoms with van der Waals surface area (Å²) in [7, 11) is -3.34. The summed E-state index contributed by atoms with van der Waals surface area (Å²) in [4.78, 5) is 2.12. The summed E-state index contributed by atoms with van der Waals surface area (Å²) in [6.07, 6.45) is 1.96. The number of amidine groups is 1. The second-order valence-electron chi connectivity index (χ2n) is 8.86. The molecule has 0 bridgehead atoms. The summed E-state index contributed by atoms with van der Waals surface area (Å²) in [5.74, 6) is 2.41. The quantitative estimate of drug-likeness (QED) is 0.733. The maximum atomic E-state index is 12.0. The van der Waals surface area contributed by atoms with Crippen molar-refractivity contribution in [3.8, 4) is 11.5 Å². The van der Waals surface area contributed by atoms with E-state index < -0.39 is 10.0 Å². The highest BCUT2D eigenvalue weighted by Crippen LogP contribution is 2.33. The van der Waals surface area contributed by atoms with Crippen LogP contribution < -0.4 is 4.74 Å². The molecule has 4 rings (SSSR count). The molecular weight excluding hydrogens is 384 g/mol. The van der Waals surface area contributed by atoms with Gasteiger partial charge < -0.3 is 9.64 Å². The number of fused-ring (bicyclic) bond motifs is 1. The number of sulfonamides is 1. The van der Waals surface area contributed by atoms with Gasteiger partial charge in [0, 0.05) is 19.0 Å². The van der Waals surface area contributed by atoms with E-state index in [4.69, 9.17) is 4.74 Å². The largest absolute Gasteiger partial charge is 0.457 e. The van der Waals surface area contributed by atoms with Gasteiger partial charge in [0.15, 0.2) is 0 Å². The van der Waals surface area contributed by atoms with E-state index in [9.17, 15) is 8.42 Å². The third-order valence-corrected chi connectivity index (χ3v) is 6.81. The van der Waals surface area contributed by atoms with Gasteiger partial charge in [-0.2, -0.15) is 0 Å². The van der Waals surface area contributed by atoms with Gasteiger partial charge in [-0.25, -0.2) is 8.42 Å². The van der Waals surface area contributed by atoms with Crippen LogP contribution in [0.4, 0.5) is 0 Å². The monoisotopic (exact) mass is 412 g/mol. The SMILES string of the molecule is CC(C)(C)c1ccc(Oc2ccc(C3CCCN4CCS(=O)(=O)N=C34)cc2)cc1. The first-order chi connectivity index (χ1) is 13.7. The van der Waals surface area contributed by atoms with Gasteiger partial charge in [0.05, 0.1) is 5.75 Å². The van der Waals surface area contributed by atoms with E-state index in [1.165, 1.54) is 5.56 Å². The molecule has 0 N–H and O–H groups in total. The smallest absolute Gasteiger partial charge is 0.256 e. The van der Waals surface area contributed by atoms with Crippen molar-refractivity contribution in [1.29, 1.82) is 0 Å². The van der Waals surface area contributed by atoms with Crippen molar-refractivity contribution in [2.45, 2.75) is 44.9 Å². The van der Waals surface area contributed by atoms with Gasteiger partial charge in [0.2, 0.25) is 0 Å². The van der Waals surface area contributed by atoms with E-state index in [0.717, 1.165) is 36.4 Å². The zero-order valence-electron chi connectivity index (χ0n) is 17.3. The van der Waals surface area contributed by atoms with Gasteiger partial charge in [-0.1, -0.05) is 45.0 Å². The van der Waals surface area contributed by atoms with Crippen LogP contribution in [0.15, 0.2) is 52.9 Å². The van der Waals surface area contributed by atoms with Gasteiger partial charge in [-0.05, 0) is 53.6 Å². The number of hydrogen-bond acceptors (Lipinski definition) is 4. The highest BCUT2D eigenvalue weighted by atomic mass is 32.2. The summed E-state index contributed by atoms with van der Waals surface area (Å²) >= 11 is 0. The number of nitrogens with zero attached hydrogens (tertiary/aromatic N) is 2. The van der Waals surface area contributed by atoms with Crippen LogP contribution in [0.2, 0.25) is 0 Å². The van der Waals surface area contributed by atoms with Crippen molar-refractivity contribution >= 4 is 15.9 Å². The molecule has 5 nitrogen and oxygen atoms in total. The molecule has 1 fully saturated rings. The van der Waals surface area contributed by atoms with Crippen LogP contribution >= 0.6 is 0 Å². The number of piperidine rings is 1. The van der Waals surface area contributed by atoms with Crippen molar-refractivity contribution in [1.82, 2.24) is 4.90 Å². The molecule has 1 atom stereocenters. The van der Waals surface area contributed by atoms with Crippen LogP contribution in [0.5, 0.6) is 11.5 Å². The fourth-order valence-corrected chi connectivity index (χ4v) is 5.02. The lowest BCUT2D eigenvalue weighted by Gasteiger charge is -2.37. The van der Waals surface area contributed by atoms with Crippen LogP contribution in [-0.2, 0) is 15.4 Å². The maximum Gasteiger partial charge on any atom is 0.256 e. The number of ether oxygens (including phenoxy) is 1. The molecular formula is C23H28N2O3S. The molecule has 154 valence electrons. The summed E-state index contributed by atoms with van der Waals surface area (Å²) in [5, 5.41) is 0. The van der Waals surface area contributed by atoms with Gasteiger partial charge in [-0.15, -0.1) is 4.40 Å². The summed E-state index contributed by atoms with van der Waals surface area (Å²) in [5.41, 5.74) is 2.47. The zero-order chi connectivity index (χ0) is 20.6. The Labute approximate surface area is 173 Å². The second kappa shape index (κ2) is 7.48. The molecule has 2 aromatic carbocycles. The highest BCUT2D eigenvalue weighted by Gasteiger charge is 2.33. The molecule has 0 amide bonds. The predicted molar refractivity (Wildman–Crippen MR) is 116 cm³/mol. The summed E-state index contributed by atoms with van der Waals surface area (Å²) in [6.45, 7) is 8.00. The van der Waals surface area contributed by atoms with Gasteiger partial charge >= 0.3 is 0 Å². The molecule has 2 aromatic rings. The van der Waals surface area contributed by atoms with Crippen molar-refractivity contribution in [2.75, 3.05) is 18.8 Å². The van der Waals surface area contributed by atoms with Gasteiger partial charge in [0.25, 0.3) is 10.0 Å². The molecule has 0 saturated carbocycles. The molecule has 0 aromatic heterocycles. The third kappa shape index (κ3) is 4.47. The predicted octanol–water partition coefficient (Wildman–Crippen LogP) is 4.70. The van der Waals surface area contributed by atoms with Crippen LogP contribution in [0.3, 0.4) is 0 Å². The average Bonchev–Trinajstić information content (AvgIpc) is 2.67. The first kappa shape index (κ1) is 20.0. The molecule has 1 unspecified atom stereocenters. The Kier molecular flexibility index (Phi) is 5.15. The Hall–Kier alpha value is -2.34. The van der Waals surface area contributed by atoms with Crippen LogP contribution in [0, 0.1) is 0 Å². The van der Waals surface area contributed by atoms with E-state index in [-0.39, 0.29) is 17.1 Å². The number of benzene rings is 2. The molecule has 2 heterocycles. The minimum Gasteiger partial charge on any atom is -0.457 e. The Balaban J connectivity index is 1.51.